The zero-order valence-electron chi connectivity index (χ0n) is 10.8. The monoisotopic (exact) mass is 355 g/mol. The van der Waals surface area contributed by atoms with Crippen LogP contribution in [-0.4, -0.2) is 23.2 Å². The van der Waals surface area contributed by atoms with Gasteiger partial charge in [0.25, 0.3) is 5.91 Å². The summed E-state index contributed by atoms with van der Waals surface area (Å²) in [6, 6.07) is 6.67. The van der Waals surface area contributed by atoms with Crippen LogP contribution in [0, 0.1) is 6.92 Å². The maximum Gasteiger partial charge on any atom is 0.276 e. The molecule has 1 aromatic carbocycles. The van der Waals surface area contributed by atoms with Gasteiger partial charge in [-0.25, -0.2) is 0 Å². The number of ether oxygens (including phenoxy) is 1. The molecule has 7 heteroatoms. The van der Waals surface area contributed by atoms with Crippen molar-refractivity contribution in [3.63, 3.8) is 0 Å². The molecule has 0 atom stereocenters. The topological polar surface area (TPSA) is 64.1 Å². The third kappa shape index (κ3) is 3.26. The first-order chi connectivity index (χ1) is 9.51. The third-order valence-corrected chi connectivity index (χ3v) is 3.25. The lowest BCUT2D eigenvalue weighted by Crippen LogP contribution is -2.15. The summed E-state index contributed by atoms with van der Waals surface area (Å²) in [5.41, 5.74) is 1.64. The van der Waals surface area contributed by atoms with Crippen LogP contribution in [0.5, 0.6) is 5.75 Å². The summed E-state index contributed by atoms with van der Waals surface area (Å²) in [4.78, 5) is 12.1. The zero-order valence-corrected chi connectivity index (χ0v) is 13.1. The Labute approximate surface area is 129 Å². The number of methoxy groups -OCH3 is 1. The van der Waals surface area contributed by atoms with Crippen LogP contribution in [0.1, 0.15) is 16.1 Å². The highest BCUT2D eigenvalue weighted by Crippen LogP contribution is 2.32. The molecular formula is C13H11BrClN3O2. The summed E-state index contributed by atoms with van der Waals surface area (Å²) in [6.07, 6.45) is 0. The van der Waals surface area contributed by atoms with Crippen molar-refractivity contribution in [3.05, 3.63) is 45.1 Å². The number of benzene rings is 1. The van der Waals surface area contributed by atoms with Gasteiger partial charge in [-0.3, -0.25) is 4.79 Å². The highest BCUT2D eigenvalue weighted by molar-refractivity contribution is 9.10. The van der Waals surface area contributed by atoms with Crippen molar-refractivity contribution in [1.82, 2.24) is 10.2 Å². The lowest BCUT2D eigenvalue weighted by molar-refractivity contribution is 0.102. The number of hydrogen-bond acceptors (Lipinski definition) is 4. The molecule has 104 valence electrons. The Kier molecular flexibility index (Phi) is 4.57. The van der Waals surface area contributed by atoms with Crippen LogP contribution >= 0.6 is 27.5 Å². The molecule has 20 heavy (non-hydrogen) atoms. The van der Waals surface area contributed by atoms with Gasteiger partial charge >= 0.3 is 0 Å². The van der Waals surface area contributed by atoms with Crippen LogP contribution in [0.15, 0.2) is 28.7 Å². The summed E-state index contributed by atoms with van der Waals surface area (Å²) in [5.74, 6) is 0.185. The number of halogens is 2. The van der Waals surface area contributed by atoms with E-state index in [4.69, 9.17) is 16.3 Å². The first-order valence-electron chi connectivity index (χ1n) is 5.66. The van der Waals surface area contributed by atoms with Gasteiger partial charge in [0, 0.05) is 4.47 Å². The molecule has 0 aliphatic rings. The molecule has 2 rings (SSSR count). The second-order valence-electron chi connectivity index (χ2n) is 4.00. The van der Waals surface area contributed by atoms with Gasteiger partial charge < -0.3 is 10.1 Å². The van der Waals surface area contributed by atoms with Gasteiger partial charge in [0.05, 0.1) is 12.8 Å². The first-order valence-corrected chi connectivity index (χ1v) is 6.83. The predicted octanol–water partition coefficient (Wildman–Crippen LogP) is 3.46. The van der Waals surface area contributed by atoms with Crippen LogP contribution in [-0.2, 0) is 0 Å². The quantitative estimate of drug-likeness (QED) is 0.914. The molecule has 0 unspecified atom stereocenters. The summed E-state index contributed by atoms with van der Waals surface area (Å²) in [6.45, 7) is 1.87. The maximum atomic E-state index is 12.1. The molecule has 0 spiro atoms. The number of anilines is 1. The second kappa shape index (κ2) is 6.19. The van der Waals surface area contributed by atoms with Gasteiger partial charge in [0.2, 0.25) is 0 Å². The SMILES string of the molecule is COc1cc(Br)cc(C)c1NC(=O)c1ccc(Cl)nn1. The molecule has 1 aromatic heterocycles. The van der Waals surface area contributed by atoms with Gasteiger partial charge in [-0.2, -0.15) is 0 Å². The van der Waals surface area contributed by atoms with Crippen molar-refractivity contribution in [2.75, 3.05) is 12.4 Å². The van der Waals surface area contributed by atoms with E-state index < -0.39 is 0 Å². The van der Waals surface area contributed by atoms with E-state index in [-0.39, 0.29) is 16.8 Å². The average molecular weight is 357 g/mol. The van der Waals surface area contributed by atoms with Crippen molar-refractivity contribution in [2.24, 2.45) is 0 Å². The van der Waals surface area contributed by atoms with Crippen LogP contribution in [0.2, 0.25) is 5.15 Å². The zero-order chi connectivity index (χ0) is 14.7. The minimum Gasteiger partial charge on any atom is -0.495 e. The molecule has 5 nitrogen and oxygen atoms in total. The predicted molar refractivity (Wildman–Crippen MR) is 80.4 cm³/mol. The fourth-order valence-corrected chi connectivity index (χ4v) is 2.30. The molecule has 1 heterocycles. The molecule has 0 bridgehead atoms. The Morgan fingerprint density at radius 2 is 2.10 bits per heavy atom. The standard InChI is InChI=1S/C13H11BrClN3O2/c1-7-5-8(14)6-10(20-2)12(7)16-13(19)9-3-4-11(15)18-17-9/h3-6H,1-2H3,(H,16,19). The molecule has 0 fully saturated rings. The summed E-state index contributed by atoms with van der Waals surface area (Å²) in [7, 11) is 1.54. The molecule has 0 aliphatic heterocycles. The first kappa shape index (κ1) is 14.7. The van der Waals surface area contributed by atoms with Gasteiger partial charge in [0.1, 0.15) is 5.75 Å². The number of carbonyl (C=O) groups is 1. The number of nitrogens with zero attached hydrogens (tertiary/aromatic N) is 2. The van der Waals surface area contributed by atoms with Crippen LogP contribution in [0.3, 0.4) is 0 Å². The number of hydrogen-bond donors (Lipinski definition) is 1. The average Bonchev–Trinajstić information content (AvgIpc) is 2.42. The van der Waals surface area contributed by atoms with E-state index in [9.17, 15) is 4.79 Å². The fourth-order valence-electron chi connectivity index (χ4n) is 1.65. The minimum atomic E-state index is -0.377. The van der Waals surface area contributed by atoms with E-state index in [0.717, 1.165) is 10.0 Å². The van der Waals surface area contributed by atoms with E-state index in [0.29, 0.717) is 11.4 Å². The Hall–Kier alpha value is -1.66. The Morgan fingerprint density at radius 1 is 1.35 bits per heavy atom. The number of nitrogens with one attached hydrogen (secondary N) is 1. The normalized spacial score (nSPS) is 10.2. The van der Waals surface area contributed by atoms with Gasteiger partial charge in [-0.15, -0.1) is 10.2 Å². The molecular weight excluding hydrogens is 346 g/mol. The van der Waals surface area contributed by atoms with Crippen LogP contribution in [0.25, 0.3) is 0 Å². The largest absolute Gasteiger partial charge is 0.495 e. The number of aryl methyl sites for hydroxylation is 1. The van der Waals surface area contributed by atoms with E-state index in [1.165, 1.54) is 12.1 Å². The smallest absolute Gasteiger partial charge is 0.276 e. The summed E-state index contributed by atoms with van der Waals surface area (Å²) in [5, 5.41) is 10.4. The van der Waals surface area contributed by atoms with Gasteiger partial charge in [0.15, 0.2) is 10.8 Å². The van der Waals surface area contributed by atoms with E-state index >= 15 is 0 Å². The third-order valence-electron chi connectivity index (χ3n) is 2.59. The van der Waals surface area contributed by atoms with Crippen LogP contribution in [0.4, 0.5) is 5.69 Å². The van der Waals surface area contributed by atoms with E-state index in [1.807, 2.05) is 13.0 Å². The van der Waals surface area contributed by atoms with Crippen LogP contribution < -0.4 is 10.1 Å². The Bertz CT molecular complexity index is 647. The molecule has 0 saturated heterocycles. The molecule has 1 N–H and O–H groups in total. The van der Waals surface area contributed by atoms with Gasteiger partial charge in [-0.05, 0) is 36.8 Å². The van der Waals surface area contributed by atoms with Gasteiger partial charge in [-0.1, -0.05) is 27.5 Å². The van der Waals surface area contributed by atoms with Crippen molar-refractivity contribution >= 4 is 39.1 Å². The lowest BCUT2D eigenvalue weighted by atomic mass is 10.2. The van der Waals surface area contributed by atoms with E-state index in [1.54, 1.807) is 13.2 Å². The molecule has 0 aliphatic carbocycles. The summed E-state index contributed by atoms with van der Waals surface area (Å²) >= 11 is 9.01. The highest BCUT2D eigenvalue weighted by atomic mass is 79.9. The fraction of sp³-hybridized carbons (Fsp3) is 0.154. The van der Waals surface area contributed by atoms with Crippen molar-refractivity contribution in [1.29, 1.82) is 0 Å². The van der Waals surface area contributed by atoms with Crippen molar-refractivity contribution < 1.29 is 9.53 Å². The highest BCUT2D eigenvalue weighted by Gasteiger charge is 2.14. The molecule has 2 aromatic rings. The maximum absolute atomic E-state index is 12.1. The Morgan fingerprint density at radius 3 is 2.70 bits per heavy atom. The van der Waals surface area contributed by atoms with Crippen molar-refractivity contribution in [2.45, 2.75) is 6.92 Å². The van der Waals surface area contributed by atoms with E-state index in [2.05, 4.69) is 31.4 Å². The minimum absolute atomic E-state index is 0.179. The molecule has 0 radical (unpaired) electrons. The number of carbonyl (C=O) groups excluding carboxylic acids is 1. The Balaban J connectivity index is 2.30. The summed E-state index contributed by atoms with van der Waals surface area (Å²) < 4.78 is 6.13. The second-order valence-corrected chi connectivity index (χ2v) is 5.30. The molecule has 0 saturated carbocycles. The molecule has 1 amide bonds. The lowest BCUT2D eigenvalue weighted by Gasteiger charge is -2.13. The number of amides is 1. The number of rotatable bonds is 3. The van der Waals surface area contributed by atoms with Crippen molar-refractivity contribution in [3.8, 4) is 5.75 Å². The number of aromatic nitrogens is 2.